The van der Waals surface area contributed by atoms with Crippen LogP contribution in [0.15, 0.2) is 0 Å². The van der Waals surface area contributed by atoms with E-state index in [-0.39, 0.29) is 6.42 Å². The van der Waals surface area contributed by atoms with E-state index in [0.29, 0.717) is 0 Å². The molecule has 0 aliphatic carbocycles. The summed E-state index contributed by atoms with van der Waals surface area (Å²) in [7, 11) is -3.73. The highest BCUT2D eigenvalue weighted by atomic mass is 32.2. The molecule has 0 aromatic heterocycles. The van der Waals surface area contributed by atoms with E-state index < -0.39 is 26.4 Å². The molecular formula is C10H20N2O3S. The third-order valence-electron chi connectivity index (χ3n) is 2.82. The molecule has 0 amide bonds. The highest BCUT2D eigenvalue weighted by Gasteiger charge is 2.40. The Labute approximate surface area is 97.5 Å². The monoisotopic (exact) mass is 248 g/mol. The predicted molar refractivity (Wildman–Crippen MR) is 62.1 cm³/mol. The Balaban J connectivity index is 5.08. The molecule has 0 aromatic carbocycles. The molecule has 16 heavy (non-hydrogen) atoms. The van der Waals surface area contributed by atoms with Crippen LogP contribution >= 0.6 is 0 Å². The fraction of sp³-hybridized carbons (Fsp3) is 0.900. The highest BCUT2D eigenvalue weighted by Crippen LogP contribution is 2.22. The number of aliphatic hydroxyl groups is 1. The first-order valence-electron chi connectivity index (χ1n) is 5.12. The molecule has 0 aliphatic heterocycles. The molecule has 0 heterocycles. The van der Waals surface area contributed by atoms with Crippen molar-refractivity contribution < 1.29 is 13.5 Å². The summed E-state index contributed by atoms with van der Waals surface area (Å²) >= 11 is 0. The van der Waals surface area contributed by atoms with Gasteiger partial charge < -0.3 is 5.11 Å². The summed E-state index contributed by atoms with van der Waals surface area (Å²) in [5.41, 5.74) is -2.25. The van der Waals surface area contributed by atoms with Crippen molar-refractivity contribution in [2.75, 3.05) is 0 Å². The summed E-state index contributed by atoms with van der Waals surface area (Å²) in [6.45, 7) is 7.82. The van der Waals surface area contributed by atoms with Crippen LogP contribution in [0.1, 0.15) is 41.0 Å². The van der Waals surface area contributed by atoms with Gasteiger partial charge in [-0.15, -0.1) is 0 Å². The van der Waals surface area contributed by atoms with Crippen LogP contribution < -0.4 is 4.72 Å². The lowest BCUT2D eigenvalue weighted by molar-refractivity contribution is 0.00632. The van der Waals surface area contributed by atoms with Crippen LogP contribution in [0, 0.1) is 11.3 Å². The van der Waals surface area contributed by atoms with Gasteiger partial charge in [0, 0.05) is 0 Å². The molecule has 2 N–H and O–H groups in total. The number of hydrogen-bond acceptors (Lipinski definition) is 4. The number of sulfonamides is 1. The van der Waals surface area contributed by atoms with Gasteiger partial charge >= 0.3 is 0 Å². The molecule has 1 unspecified atom stereocenters. The minimum absolute atomic E-state index is 0.216. The van der Waals surface area contributed by atoms with Gasteiger partial charge in [0.05, 0.1) is 17.2 Å². The van der Waals surface area contributed by atoms with Crippen molar-refractivity contribution in [2.24, 2.45) is 0 Å². The van der Waals surface area contributed by atoms with Gasteiger partial charge in [-0.1, -0.05) is 6.92 Å². The van der Waals surface area contributed by atoms with Crippen molar-refractivity contribution in [3.8, 4) is 6.07 Å². The van der Waals surface area contributed by atoms with Crippen molar-refractivity contribution in [1.82, 2.24) is 4.72 Å². The lowest BCUT2D eigenvalue weighted by Crippen LogP contribution is -2.59. The summed E-state index contributed by atoms with van der Waals surface area (Å²) in [5, 5.41) is 17.5. The molecular weight excluding hydrogens is 228 g/mol. The topological polar surface area (TPSA) is 90.2 Å². The molecule has 94 valence electrons. The zero-order valence-electron chi connectivity index (χ0n) is 10.4. The van der Waals surface area contributed by atoms with Gasteiger partial charge in [-0.25, -0.2) is 13.1 Å². The molecule has 5 nitrogen and oxygen atoms in total. The van der Waals surface area contributed by atoms with Crippen LogP contribution in [0.3, 0.4) is 0 Å². The van der Waals surface area contributed by atoms with Gasteiger partial charge in [-0.2, -0.15) is 5.26 Å². The second kappa shape index (κ2) is 4.70. The van der Waals surface area contributed by atoms with Crippen LogP contribution in [-0.4, -0.2) is 29.9 Å². The molecule has 0 radical (unpaired) electrons. The van der Waals surface area contributed by atoms with E-state index in [4.69, 9.17) is 5.26 Å². The van der Waals surface area contributed by atoms with Crippen molar-refractivity contribution in [3.63, 3.8) is 0 Å². The predicted octanol–water partition coefficient (Wildman–Crippen LogP) is 0.757. The Kier molecular flexibility index (Phi) is 4.51. The second-order valence-corrected chi connectivity index (χ2v) is 6.72. The highest BCUT2D eigenvalue weighted by molar-refractivity contribution is 7.90. The molecule has 1 atom stereocenters. The Morgan fingerprint density at radius 1 is 1.38 bits per heavy atom. The third kappa shape index (κ3) is 3.44. The SMILES string of the molecule is CCC(C#N)S(=O)(=O)NC(C)(C)C(C)(C)O. The van der Waals surface area contributed by atoms with E-state index in [0.717, 1.165) is 0 Å². The van der Waals surface area contributed by atoms with Crippen molar-refractivity contribution >= 4 is 10.0 Å². The first-order chi connectivity index (χ1) is 6.98. The summed E-state index contributed by atoms with van der Waals surface area (Å²) in [4.78, 5) is 0. The second-order valence-electron chi connectivity index (χ2n) is 4.86. The quantitative estimate of drug-likeness (QED) is 0.751. The molecule has 0 rings (SSSR count). The summed E-state index contributed by atoms with van der Waals surface area (Å²) in [6, 6.07) is 1.73. The fourth-order valence-electron chi connectivity index (χ4n) is 0.932. The zero-order valence-corrected chi connectivity index (χ0v) is 11.2. The van der Waals surface area contributed by atoms with E-state index >= 15 is 0 Å². The molecule has 0 spiro atoms. The molecule has 0 saturated carbocycles. The first-order valence-corrected chi connectivity index (χ1v) is 6.67. The van der Waals surface area contributed by atoms with E-state index in [1.54, 1.807) is 26.8 Å². The smallest absolute Gasteiger partial charge is 0.228 e. The summed E-state index contributed by atoms with van der Waals surface area (Å²) in [5.74, 6) is 0. The van der Waals surface area contributed by atoms with Crippen LogP contribution in [0.2, 0.25) is 0 Å². The maximum atomic E-state index is 11.8. The molecule has 6 heteroatoms. The Morgan fingerprint density at radius 3 is 2.06 bits per heavy atom. The number of nitrogens with one attached hydrogen (secondary N) is 1. The fourth-order valence-corrected chi connectivity index (χ4v) is 2.61. The standard InChI is InChI=1S/C10H20N2O3S/c1-6-8(7-11)16(14,15)12-9(2,3)10(4,5)13/h8,12-13H,6H2,1-5H3. The molecule has 0 aromatic rings. The van der Waals surface area contributed by atoms with E-state index in [1.165, 1.54) is 13.8 Å². The maximum Gasteiger partial charge on any atom is 0.228 e. The lowest BCUT2D eigenvalue weighted by atomic mass is 9.87. The maximum absolute atomic E-state index is 11.8. The minimum Gasteiger partial charge on any atom is -0.389 e. The Bertz CT molecular complexity index is 374. The van der Waals surface area contributed by atoms with Gasteiger partial charge in [0.15, 0.2) is 5.25 Å². The van der Waals surface area contributed by atoms with Crippen LogP contribution in [0.4, 0.5) is 0 Å². The van der Waals surface area contributed by atoms with Crippen molar-refractivity contribution in [2.45, 2.75) is 57.4 Å². The van der Waals surface area contributed by atoms with Crippen LogP contribution in [-0.2, 0) is 10.0 Å². The average Bonchev–Trinajstić information content (AvgIpc) is 2.00. The first kappa shape index (κ1) is 15.4. The van der Waals surface area contributed by atoms with Gasteiger partial charge in [-0.3, -0.25) is 0 Å². The van der Waals surface area contributed by atoms with Crippen LogP contribution in [0.5, 0.6) is 0 Å². The summed E-state index contributed by atoms with van der Waals surface area (Å²) < 4.78 is 26.0. The van der Waals surface area contributed by atoms with Crippen molar-refractivity contribution in [3.05, 3.63) is 0 Å². The molecule has 0 saturated heterocycles. The Morgan fingerprint density at radius 2 is 1.81 bits per heavy atom. The normalized spacial score (nSPS) is 15.6. The number of nitriles is 1. The van der Waals surface area contributed by atoms with Crippen LogP contribution in [0.25, 0.3) is 0 Å². The zero-order chi connectivity index (χ0) is 13.2. The van der Waals surface area contributed by atoms with Crippen molar-refractivity contribution in [1.29, 1.82) is 5.26 Å². The van der Waals surface area contributed by atoms with E-state index in [9.17, 15) is 13.5 Å². The number of nitrogens with zero attached hydrogens (tertiary/aromatic N) is 1. The molecule has 0 aliphatic rings. The van der Waals surface area contributed by atoms with Gasteiger partial charge in [0.25, 0.3) is 0 Å². The average molecular weight is 248 g/mol. The van der Waals surface area contributed by atoms with E-state index in [1.807, 2.05) is 0 Å². The summed E-state index contributed by atoms with van der Waals surface area (Å²) in [6.07, 6.45) is 0.216. The lowest BCUT2D eigenvalue weighted by Gasteiger charge is -2.37. The van der Waals surface area contributed by atoms with E-state index in [2.05, 4.69) is 4.72 Å². The number of rotatable bonds is 5. The third-order valence-corrected chi connectivity index (χ3v) is 4.80. The minimum atomic E-state index is -3.73. The molecule has 0 bridgehead atoms. The van der Waals surface area contributed by atoms with Gasteiger partial charge in [-0.05, 0) is 34.1 Å². The number of hydrogen-bond donors (Lipinski definition) is 2. The van der Waals surface area contributed by atoms with Gasteiger partial charge in [0.2, 0.25) is 10.0 Å². The largest absolute Gasteiger partial charge is 0.389 e. The Hall–Kier alpha value is -0.640. The molecule has 0 fully saturated rings. The van der Waals surface area contributed by atoms with Gasteiger partial charge in [0.1, 0.15) is 0 Å².